The van der Waals surface area contributed by atoms with Crippen LogP contribution in [0.5, 0.6) is 11.5 Å². The zero-order valence-electron chi connectivity index (χ0n) is 25.4. The highest BCUT2D eigenvalue weighted by molar-refractivity contribution is 7.42. The van der Waals surface area contributed by atoms with E-state index in [-0.39, 0.29) is 6.10 Å². The Morgan fingerprint density at radius 3 is 1.42 bits per heavy atom. The highest BCUT2D eigenvalue weighted by Crippen LogP contribution is 2.47. The van der Waals surface area contributed by atoms with Crippen molar-refractivity contribution in [3.05, 3.63) is 58.7 Å². The van der Waals surface area contributed by atoms with Gasteiger partial charge in [0.1, 0.15) is 11.5 Å². The summed E-state index contributed by atoms with van der Waals surface area (Å²) in [6.07, 6.45) is 10.2. The van der Waals surface area contributed by atoms with Gasteiger partial charge in [-0.25, -0.2) is 0 Å². The van der Waals surface area contributed by atoms with E-state index in [0.29, 0.717) is 23.7 Å². The summed E-state index contributed by atoms with van der Waals surface area (Å²) in [4.78, 5) is 0. The molecule has 0 heterocycles. The Labute approximate surface area is 235 Å². The van der Waals surface area contributed by atoms with E-state index >= 15 is 0 Å². The van der Waals surface area contributed by atoms with Gasteiger partial charge in [-0.1, -0.05) is 98.9 Å². The lowest BCUT2D eigenvalue weighted by Crippen LogP contribution is -2.17. The van der Waals surface area contributed by atoms with Gasteiger partial charge >= 0.3 is 8.60 Å². The normalized spacial score (nSPS) is 14.9. The van der Waals surface area contributed by atoms with Crippen LogP contribution in [0.3, 0.4) is 0 Å². The van der Waals surface area contributed by atoms with Gasteiger partial charge in [-0.05, 0) is 96.6 Å². The molecule has 4 heteroatoms. The predicted octanol–water partition coefficient (Wildman–Crippen LogP) is 10.5. The Kier molecular flexibility index (Phi) is 12.4. The second-order valence-corrected chi connectivity index (χ2v) is 14.1. The summed E-state index contributed by atoms with van der Waals surface area (Å²) in [6.45, 7) is 18.2. The third kappa shape index (κ3) is 10.5. The van der Waals surface area contributed by atoms with Gasteiger partial charge in [-0.3, -0.25) is 4.52 Å². The van der Waals surface area contributed by atoms with Gasteiger partial charge in [0.15, 0.2) is 0 Å². The maximum absolute atomic E-state index is 6.69. The van der Waals surface area contributed by atoms with Crippen LogP contribution in [0.2, 0.25) is 0 Å². The van der Waals surface area contributed by atoms with Crippen LogP contribution in [0, 0.1) is 23.7 Å². The second kappa shape index (κ2) is 15.3. The van der Waals surface area contributed by atoms with Gasteiger partial charge in [-0.2, -0.15) is 0 Å². The summed E-state index contributed by atoms with van der Waals surface area (Å²) in [6, 6.07) is 13.4. The average molecular weight is 541 g/mol. The van der Waals surface area contributed by atoms with Crippen molar-refractivity contribution in [2.45, 2.75) is 119 Å². The number of hydrogen-bond acceptors (Lipinski definition) is 3. The van der Waals surface area contributed by atoms with E-state index in [4.69, 9.17) is 13.6 Å². The van der Waals surface area contributed by atoms with Crippen LogP contribution >= 0.6 is 8.60 Å². The minimum atomic E-state index is -1.57. The first kappa shape index (κ1) is 31.0. The standard InChI is InChI=1S/C34H53O3P/c1-24(2)18-28-14-16-33(30(22-28)20-26(5)6)36-38(35-32-12-10-9-11-13-32)37-34-17-15-29(19-25(3)4)23-31(34)21-27(7)8/h14-17,22-27,32H,9-13,18-21H2,1-8H3. The molecule has 0 unspecified atom stereocenters. The summed E-state index contributed by atoms with van der Waals surface area (Å²) < 4.78 is 20.0. The lowest BCUT2D eigenvalue weighted by atomic mass is 9.96. The molecular formula is C34H53O3P. The minimum Gasteiger partial charge on any atom is -0.417 e. The van der Waals surface area contributed by atoms with Gasteiger partial charge in [0, 0.05) is 0 Å². The molecule has 38 heavy (non-hydrogen) atoms. The molecule has 0 N–H and O–H groups in total. The Hall–Kier alpha value is -1.57. The Morgan fingerprint density at radius 2 is 1.03 bits per heavy atom. The van der Waals surface area contributed by atoms with Crippen molar-refractivity contribution in [3.63, 3.8) is 0 Å². The SMILES string of the molecule is CC(C)Cc1ccc(OP(Oc2ccc(CC(C)C)cc2CC(C)C)OC2CCCCC2)c(CC(C)C)c1. The van der Waals surface area contributed by atoms with Crippen LogP contribution in [0.4, 0.5) is 0 Å². The summed E-state index contributed by atoms with van der Waals surface area (Å²) in [5.41, 5.74) is 5.27. The monoisotopic (exact) mass is 540 g/mol. The van der Waals surface area contributed by atoms with Crippen LogP contribution in [0.15, 0.2) is 36.4 Å². The molecule has 0 aromatic heterocycles. The van der Waals surface area contributed by atoms with Crippen molar-refractivity contribution < 1.29 is 13.6 Å². The molecule has 2 aromatic rings. The smallest absolute Gasteiger partial charge is 0.417 e. The van der Waals surface area contributed by atoms with Crippen LogP contribution in [-0.4, -0.2) is 6.10 Å². The van der Waals surface area contributed by atoms with Crippen molar-refractivity contribution in [2.24, 2.45) is 23.7 Å². The van der Waals surface area contributed by atoms with E-state index in [1.165, 1.54) is 41.5 Å². The maximum atomic E-state index is 6.69. The molecule has 0 amide bonds. The quantitative estimate of drug-likeness (QED) is 0.223. The molecule has 212 valence electrons. The molecule has 0 aliphatic heterocycles. The van der Waals surface area contributed by atoms with E-state index in [0.717, 1.165) is 50.0 Å². The summed E-state index contributed by atoms with van der Waals surface area (Å²) in [7, 11) is -1.57. The van der Waals surface area contributed by atoms with Gasteiger partial charge in [0.2, 0.25) is 0 Å². The van der Waals surface area contributed by atoms with Crippen LogP contribution in [0.25, 0.3) is 0 Å². The lowest BCUT2D eigenvalue weighted by Gasteiger charge is -2.27. The fourth-order valence-electron chi connectivity index (χ4n) is 5.35. The van der Waals surface area contributed by atoms with Crippen molar-refractivity contribution in [3.8, 4) is 11.5 Å². The van der Waals surface area contributed by atoms with Crippen LogP contribution in [-0.2, 0) is 30.2 Å². The largest absolute Gasteiger partial charge is 0.463 e. The molecule has 0 radical (unpaired) electrons. The zero-order valence-corrected chi connectivity index (χ0v) is 26.3. The molecule has 1 fully saturated rings. The highest BCUT2D eigenvalue weighted by atomic mass is 31.2. The summed E-state index contributed by atoms with van der Waals surface area (Å²) >= 11 is 0. The second-order valence-electron chi connectivity index (χ2n) is 13.0. The molecule has 1 aliphatic carbocycles. The van der Waals surface area contributed by atoms with Crippen molar-refractivity contribution >= 4 is 8.60 Å². The minimum absolute atomic E-state index is 0.206. The molecule has 1 aliphatic rings. The molecule has 0 saturated heterocycles. The van der Waals surface area contributed by atoms with E-state index < -0.39 is 8.60 Å². The fraction of sp³-hybridized carbons (Fsp3) is 0.647. The maximum Gasteiger partial charge on any atom is 0.463 e. The van der Waals surface area contributed by atoms with Gasteiger partial charge in [-0.15, -0.1) is 0 Å². The average Bonchev–Trinajstić information content (AvgIpc) is 2.81. The van der Waals surface area contributed by atoms with Crippen LogP contribution < -0.4 is 9.05 Å². The molecule has 0 atom stereocenters. The van der Waals surface area contributed by atoms with Crippen molar-refractivity contribution in [1.82, 2.24) is 0 Å². The first-order valence-corrected chi connectivity index (χ1v) is 16.2. The van der Waals surface area contributed by atoms with Crippen molar-refractivity contribution in [2.75, 3.05) is 0 Å². The first-order chi connectivity index (χ1) is 18.1. The van der Waals surface area contributed by atoms with Gasteiger partial charge < -0.3 is 9.05 Å². The fourth-order valence-corrected chi connectivity index (χ4v) is 6.61. The third-order valence-electron chi connectivity index (χ3n) is 6.93. The number of rotatable bonds is 14. The van der Waals surface area contributed by atoms with E-state index in [1.807, 2.05) is 0 Å². The van der Waals surface area contributed by atoms with Crippen LogP contribution in [0.1, 0.15) is 110 Å². The highest BCUT2D eigenvalue weighted by Gasteiger charge is 2.27. The van der Waals surface area contributed by atoms with Crippen molar-refractivity contribution in [1.29, 1.82) is 0 Å². The topological polar surface area (TPSA) is 27.7 Å². The number of hydrogen-bond donors (Lipinski definition) is 0. The first-order valence-electron chi connectivity index (χ1n) is 15.2. The van der Waals surface area contributed by atoms with E-state index in [9.17, 15) is 0 Å². The lowest BCUT2D eigenvalue weighted by molar-refractivity contribution is 0.138. The molecule has 3 rings (SSSR count). The van der Waals surface area contributed by atoms with Gasteiger partial charge in [0.25, 0.3) is 0 Å². The van der Waals surface area contributed by atoms with E-state index in [1.54, 1.807) is 0 Å². The Morgan fingerprint density at radius 1 is 0.605 bits per heavy atom. The van der Waals surface area contributed by atoms with E-state index in [2.05, 4.69) is 91.8 Å². The summed E-state index contributed by atoms with van der Waals surface area (Å²) in [5, 5.41) is 0. The Balaban J connectivity index is 1.91. The third-order valence-corrected chi connectivity index (χ3v) is 8.09. The molecule has 0 spiro atoms. The molecule has 0 bridgehead atoms. The molecule has 2 aromatic carbocycles. The molecule has 1 saturated carbocycles. The van der Waals surface area contributed by atoms with Gasteiger partial charge in [0.05, 0.1) is 6.10 Å². The molecule has 3 nitrogen and oxygen atoms in total. The summed E-state index contributed by atoms with van der Waals surface area (Å²) in [5.74, 6) is 4.17. The number of benzene rings is 2. The molecular weight excluding hydrogens is 487 g/mol. The zero-order chi connectivity index (χ0) is 27.7. The predicted molar refractivity (Wildman–Crippen MR) is 163 cm³/mol. The Bertz CT molecular complexity index is 906.